The van der Waals surface area contributed by atoms with Gasteiger partial charge in [0.05, 0.1) is 12.6 Å². The molecule has 3 N–H and O–H groups in total. The predicted octanol–water partition coefficient (Wildman–Crippen LogP) is 2.80. The van der Waals surface area contributed by atoms with E-state index in [9.17, 15) is 22.5 Å². The average molecular weight is 446 g/mol. The Bertz CT molecular complexity index is 775. The summed E-state index contributed by atoms with van der Waals surface area (Å²) in [6, 6.07) is 1.12. The van der Waals surface area contributed by atoms with Crippen molar-refractivity contribution in [3.05, 3.63) is 35.1 Å². The molecule has 2 aliphatic rings. The molecule has 30 heavy (non-hydrogen) atoms. The van der Waals surface area contributed by atoms with Crippen molar-refractivity contribution in [2.75, 3.05) is 6.54 Å². The second-order valence-electron chi connectivity index (χ2n) is 9.29. The normalized spacial score (nSPS) is 26.0. The highest BCUT2D eigenvalue weighted by molar-refractivity contribution is 7.90. The number of nitrogens with two attached hydrogens (primary N) is 1. The number of rotatable bonds is 6. The van der Waals surface area contributed by atoms with Crippen LogP contribution in [-0.4, -0.2) is 44.8 Å². The van der Waals surface area contributed by atoms with Crippen LogP contribution >= 0.6 is 0 Å². The van der Waals surface area contributed by atoms with Gasteiger partial charge in [-0.25, -0.2) is 13.2 Å². The van der Waals surface area contributed by atoms with Gasteiger partial charge in [-0.15, -0.1) is 4.72 Å². The molecule has 0 aromatic heterocycles. The van der Waals surface area contributed by atoms with Gasteiger partial charge in [-0.1, -0.05) is 0 Å². The first-order valence-corrected chi connectivity index (χ1v) is 11.5. The van der Waals surface area contributed by atoms with Crippen LogP contribution in [0.4, 0.5) is 13.2 Å². The van der Waals surface area contributed by atoms with Gasteiger partial charge in [-0.05, 0) is 70.4 Å². The van der Waals surface area contributed by atoms with Crippen molar-refractivity contribution in [3.8, 4) is 0 Å². The van der Waals surface area contributed by atoms with Gasteiger partial charge in [-0.3, -0.25) is 4.79 Å². The van der Waals surface area contributed by atoms with Crippen molar-refractivity contribution in [2.24, 2.45) is 11.7 Å². The Morgan fingerprint density at radius 3 is 2.30 bits per heavy atom. The van der Waals surface area contributed by atoms with Crippen LogP contribution in [-0.2, 0) is 22.6 Å². The molecule has 2 heterocycles. The van der Waals surface area contributed by atoms with Crippen molar-refractivity contribution in [3.63, 3.8) is 0 Å². The Hall–Kier alpha value is -1.29. The van der Waals surface area contributed by atoms with E-state index in [1.54, 1.807) is 0 Å². The van der Waals surface area contributed by atoms with E-state index < -0.39 is 39.6 Å². The second-order valence-corrected chi connectivity index (χ2v) is 11.3. The van der Waals surface area contributed by atoms with E-state index in [-0.39, 0.29) is 42.4 Å². The maximum Gasteiger partial charge on any atom is 0.236 e. The molecule has 1 aromatic rings. The summed E-state index contributed by atoms with van der Waals surface area (Å²) in [4.78, 5) is 14.1. The first-order valence-electron chi connectivity index (χ1n) is 10.3. The summed E-state index contributed by atoms with van der Waals surface area (Å²) in [6.07, 6.45) is 3.18. The van der Waals surface area contributed by atoms with E-state index in [0.29, 0.717) is 18.9 Å². The number of fused-ring (bicyclic) bond motifs is 2. The Labute approximate surface area is 178 Å². The molecule has 5 nitrogen and oxygen atoms in total. The smallest absolute Gasteiger partial charge is 0.236 e. The second kappa shape index (κ2) is 9.06. The fraction of sp³-hybridized carbons (Fsp3) is 0.667. The maximum atomic E-state index is 14.3. The molecule has 0 aliphatic carbocycles. The zero-order valence-electron chi connectivity index (χ0n) is 17.6. The number of piperidine rings is 1. The standard InChI is InChI=1S/C21H30F3N3O2S/c1-21(2,3)30(29)26-19(9-12-8-17(23)18(24)10-16(12)22)13-6-14-4-5-15(7-13)27(14)20(28)11-25/h8,10,13-15,19,26H,4-7,9,11,25H2,1-3H3/t13-,14-,15+,19-,30+/m1/s1. The highest BCUT2D eigenvalue weighted by atomic mass is 32.2. The van der Waals surface area contributed by atoms with E-state index in [0.717, 1.165) is 18.9 Å². The summed E-state index contributed by atoms with van der Waals surface area (Å²) in [5, 5.41) is 0. The van der Waals surface area contributed by atoms with Crippen molar-refractivity contribution < 1.29 is 22.5 Å². The van der Waals surface area contributed by atoms with Crippen LogP contribution in [0.1, 0.15) is 52.0 Å². The molecule has 168 valence electrons. The molecule has 2 fully saturated rings. The lowest BCUT2D eigenvalue weighted by Crippen LogP contribution is -2.54. The average Bonchev–Trinajstić information content (AvgIpc) is 2.93. The molecule has 0 spiro atoms. The largest absolute Gasteiger partial charge is 0.598 e. The first-order chi connectivity index (χ1) is 14.0. The van der Waals surface area contributed by atoms with Gasteiger partial charge in [-0.2, -0.15) is 0 Å². The lowest BCUT2D eigenvalue weighted by Gasteiger charge is -2.42. The van der Waals surface area contributed by atoms with Crippen LogP contribution in [0.5, 0.6) is 0 Å². The van der Waals surface area contributed by atoms with Gasteiger partial charge < -0.3 is 15.2 Å². The Morgan fingerprint density at radius 1 is 1.20 bits per heavy atom. The van der Waals surface area contributed by atoms with Crippen molar-refractivity contribution in [1.82, 2.24) is 9.62 Å². The SMILES string of the molecule is CC(C)(C)[S@+]([O-])N[C@H](Cc1cc(F)c(F)cc1F)[C@@H]1C[C@H]2CC[C@@H](C1)N2C(=O)CN. The summed E-state index contributed by atoms with van der Waals surface area (Å²) < 4.78 is 56.8. The topological polar surface area (TPSA) is 81.4 Å². The highest BCUT2D eigenvalue weighted by Crippen LogP contribution is 2.41. The van der Waals surface area contributed by atoms with Crippen LogP contribution in [0.25, 0.3) is 0 Å². The molecule has 1 amide bonds. The molecule has 1 aromatic carbocycles. The zero-order chi connectivity index (χ0) is 22.2. The van der Waals surface area contributed by atoms with Gasteiger partial charge in [0.15, 0.2) is 11.6 Å². The summed E-state index contributed by atoms with van der Waals surface area (Å²) in [5.41, 5.74) is 5.60. The minimum atomic E-state index is -1.42. The molecular formula is C21H30F3N3O2S. The number of benzene rings is 1. The van der Waals surface area contributed by atoms with E-state index in [4.69, 9.17) is 5.73 Å². The third-order valence-corrected chi connectivity index (χ3v) is 7.77. The fourth-order valence-electron chi connectivity index (χ4n) is 4.64. The van der Waals surface area contributed by atoms with Gasteiger partial charge >= 0.3 is 0 Å². The molecule has 2 aliphatic heterocycles. The van der Waals surface area contributed by atoms with Gasteiger partial charge in [0.1, 0.15) is 10.6 Å². The lowest BCUT2D eigenvalue weighted by atomic mass is 9.82. The van der Waals surface area contributed by atoms with Gasteiger partial charge in [0.2, 0.25) is 5.91 Å². The monoisotopic (exact) mass is 445 g/mol. The zero-order valence-corrected chi connectivity index (χ0v) is 18.4. The maximum absolute atomic E-state index is 14.3. The Kier molecular flexibility index (Phi) is 7.06. The molecular weight excluding hydrogens is 415 g/mol. The Balaban J connectivity index is 1.84. The van der Waals surface area contributed by atoms with E-state index in [1.165, 1.54) is 0 Å². The summed E-state index contributed by atoms with van der Waals surface area (Å²) >= 11 is -1.42. The Morgan fingerprint density at radius 2 is 1.77 bits per heavy atom. The third-order valence-electron chi connectivity index (χ3n) is 6.14. The molecule has 2 bridgehead atoms. The van der Waals surface area contributed by atoms with E-state index in [1.807, 2.05) is 25.7 Å². The quantitative estimate of drug-likeness (QED) is 0.521. The number of hydrogen-bond acceptors (Lipinski definition) is 4. The van der Waals surface area contributed by atoms with Gasteiger partial charge in [0.25, 0.3) is 0 Å². The number of nitrogens with zero attached hydrogens (tertiary/aromatic N) is 1. The molecule has 5 atom stereocenters. The fourth-order valence-corrected chi connectivity index (χ4v) is 5.54. The van der Waals surface area contributed by atoms with Gasteiger partial charge in [0, 0.05) is 29.5 Å². The van der Waals surface area contributed by atoms with E-state index >= 15 is 0 Å². The summed E-state index contributed by atoms with van der Waals surface area (Å²) in [5.74, 6) is -3.21. The van der Waals surface area contributed by atoms with Crippen LogP contribution in [0, 0.1) is 23.4 Å². The van der Waals surface area contributed by atoms with Crippen molar-refractivity contribution in [2.45, 2.75) is 75.7 Å². The lowest BCUT2D eigenvalue weighted by molar-refractivity contribution is -0.135. The molecule has 0 saturated carbocycles. The van der Waals surface area contributed by atoms with E-state index in [2.05, 4.69) is 4.72 Å². The summed E-state index contributed by atoms with van der Waals surface area (Å²) in [7, 11) is 0. The first kappa shape index (κ1) is 23.4. The van der Waals surface area contributed by atoms with Crippen LogP contribution in [0.2, 0.25) is 0 Å². The van der Waals surface area contributed by atoms with Crippen LogP contribution in [0.3, 0.4) is 0 Å². The van der Waals surface area contributed by atoms with Crippen molar-refractivity contribution >= 4 is 17.3 Å². The summed E-state index contributed by atoms with van der Waals surface area (Å²) in [6.45, 7) is 5.46. The number of carbonyl (C=O) groups is 1. The number of halogens is 3. The molecule has 0 unspecified atom stereocenters. The molecule has 2 saturated heterocycles. The minimum absolute atomic E-state index is 0.0168. The molecule has 0 radical (unpaired) electrons. The third kappa shape index (κ3) is 4.95. The number of hydrogen-bond donors (Lipinski definition) is 2. The van der Waals surface area contributed by atoms with Crippen LogP contribution in [0.15, 0.2) is 12.1 Å². The number of nitrogens with one attached hydrogen (secondary N) is 1. The number of amides is 1. The minimum Gasteiger partial charge on any atom is -0.598 e. The molecule has 3 rings (SSSR count). The van der Waals surface area contributed by atoms with Crippen LogP contribution < -0.4 is 10.5 Å². The number of carbonyl (C=O) groups excluding carboxylic acids is 1. The molecule has 9 heteroatoms. The predicted molar refractivity (Wildman–Crippen MR) is 110 cm³/mol. The highest BCUT2D eigenvalue weighted by Gasteiger charge is 2.46. The van der Waals surface area contributed by atoms with Crippen molar-refractivity contribution in [1.29, 1.82) is 0 Å².